The maximum atomic E-state index is 11.1. The van der Waals surface area contributed by atoms with Gasteiger partial charge in [-0.05, 0) is 53.9 Å². The zero-order chi connectivity index (χ0) is 13.5. The van der Waals surface area contributed by atoms with Crippen LogP contribution in [0.2, 0.25) is 0 Å². The Balaban J connectivity index is 2.64. The number of hydrogen-bond donors (Lipinski definition) is 1. The largest absolute Gasteiger partial charge is 0.491 e. The summed E-state index contributed by atoms with van der Waals surface area (Å²) in [5.74, 6) is -0.513. The van der Waals surface area contributed by atoms with Gasteiger partial charge in [0.05, 0.1) is 0 Å². The van der Waals surface area contributed by atoms with Gasteiger partial charge < -0.3 is 14.7 Å². The third-order valence-corrected chi connectivity index (χ3v) is 3.40. The van der Waals surface area contributed by atoms with Crippen LogP contribution in [0.5, 0.6) is 5.75 Å². The molecule has 1 N–H and O–H groups in total. The highest BCUT2D eigenvalue weighted by Crippen LogP contribution is 2.21. The second-order valence-electron chi connectivity index (χ2n) is 3.82. The fraction of sp³-hybridized carbons (Fsp3) is 0.462. The number of aromatic carboxylic acids is 1. The summed E-state index contributed by atoms with van der Waals surface area (Å²) in [7, 11) is 0. The fourth-order valence-corrected chi connectivity index (χ4v) is 2.11. The van der Waals surface area contributed by atoms with Gasteiger partial charge in [0.1, 0.15) is 17.9 Å². The Hall–Kier alpha value is -0.820. The minimum Gasteiger partial charge on any atom is -0.491 e. The highest BCUT2D eigenvalue weighted by Gasteiger charge is 2.12. The van der Waals surface area contributed by atoms with Gasteiger partial charge in [0.2, 0.25) is 0 Å². The molecule has 0 aliphatic rings. The monoisotopic (exact) mass is 363 g/mol. The molecule has 0 amide bonds. The number of carboxylic acid groups (broad SMARTS) is 1. The topological polar surface area (TPSA) is 49.8 Å². The minimum absolute atomic E-state index is 0.224. The molecular weight excluding hydrogens is 345 g/mol. The van der Waals surface area contributed by atoms with Crippen LogP contribution in [0.25, 0.3) is 0 Å². The number of ether oxygens (including phenoxy) is 1. The van der Waals surface area contributed by atoms with E-state index in [-0.39, 0.29) is 5.56 Å². The van der Waals surface area contributed by atoms with Crippen LogP contribution < -0.4 is 4.74 Å². The van der Waals surface area contributed by atoms with Gasteiger partial charge in [-0.3, -0.25) is 0 Å². The average Bonchev–Trinajstić information content (AvgIpc) is 2.36. The van der Waals surface area contributed by atoms with E-state index in [9.17, 15) is 4.79 Å². The first-order chi connectivity index (χ1) is 8.58. The molecule has 0 radical (unpaired) electrons. The van der Waals surface area contributed by atoms with E-state index in [1.54, 1.807) is 12.1 Å². The molecule has 1 aromatic carbocycles. The van der Waals surface area contributed by atoms with Crippen LogP contribution in [0.15, 0.2) is 18.2 Å². The predicted molar refractivity (Wildman–Crippen MR) is 79.4 cm³/mol. The first kappa shape index (κ1) is 15.2. The molecule has 0 bridgehead atoms. The van der Waals surface area contributed by atoms with Crippen molar-refractivity contribution in [1.29, 1.82) is 0 Å². The summed E-state index contributed by atoms with van der Waals surface area (Å²) in [6, 6.07) is 5.18. The Morgan fingerprint density at radius 2 is 2.06 bits per heavy atom. The van der Waals surface area contributed by atoms with Crippen molar-refractivity contribution < 1.29 is 14.6 Å². The zero-order valence-electron chi connectivity index (χ0n) is 10.6. The highest BCUT2D eigenvalue weighted by atomic mass is 127. The third-order valence-electron chi connectivity index (χ3n) is 2.73. The van der Waals surface area contributed by atoms with Crippen molar-refractivity contribution in [3.8, 4) is 5.75 Å². The summed E-state index contributed by atoms with van der Waals surface area (Å²) in [4.78, 5) is 13.3. The lowest BCUT2D eigenvalue weighted by Crippen LogP contribution is -2.28. The van der Waals surface area contributed by atoms with Crippen LogP contribution in [0.3, 0.4) is 0 Å². The number of carbonyl (C=O) groups is 1. The van der Waals surface area contributed by atoms with Gasteiger partial charge in [-0.15, -0.1) is 0 Å². The van der Waals surface area contributed by atoms with Crippen molar-refractivity contribution in [2.24, 2.45) is 0 Å². The van der Waals surface area contributed by atoms with Crippen molar-refractivity contribution in [3.05, 3.63) is 27.3 Å². The Morgan fingerprint density at radius 1 is 1.39 bits per heavy atom. The van der Waals surface area contributed by atoms with E-state index in [2.05, 4.69) is 41.3 Å². The Kier molecular flexibility index (Phi) is 6.42. The summed E-state index contributed by atoms with van der Waals surface area (Å²) in [6.07, 6.45) is 0. The molecule has 0 aromatic heterocycles. The van der Waals surface area contributed by atoms with Gasteiger partial charge in [-0.25, -0.2) is 4.79 Å². The lowest BCUT2D eigenvalue weighted by atomic mass is 10.2. The van der Waals surface area contributed by atoms with E-state index in [0.717, 1.165) is 23.2 Å². The normalized spacial score (nSPS) is 10.7. The van der Waals surface area contributed by atoms with Crippen LogP contribution in [0, 0.1) is 3.57 Å². The van der Waals surface area contributed by atoms with E-state index in [1.165, 1.54) is 0 Å². The van der Waals surface area contributed by atoms with Gasteiger partial charge in [0.25, 0.3) is 0 Å². The second-order valence-corrected chi connectivity index (χ2v) is 5.07. The van der Waals surface area contributed by atoms with E-state index in [4.69, 9.17) is 9.84 Å². The molecule has 1 rings (SSSR count). The van der Waals surface area contributed by atoms with Gasteiger partial charge in [0, 0.05) is 10.1 Å². The van der Waals surface area contributed by atoms with E-state index < -0.39 is 5.97 Å². The van der Waals surface area contributed by atoms with Crippen molar-refractivity contribution in [2.45, 2.75) is 13.8 Å². The van der Waals surface area contributed by atoms with Gasteiger partial charge in [0.15, 0.2) is 0 Å². The number of benzene rings is 1. The number of likely N-dealkylation sites (N-methyl/N-ethyl adjacent to an activating group) is 1. The van der Waals surface area contributed by atoms with Gasteiger partial charge in [-0.2, -0.15) is 0 Å². The van der Waals surface area contributed by atoms with Crippen LogP contribution in [-0.4, -0.2) is 42.2 Å². The molecule has 0 aliphatic carbocycles. The number of carboxylic acids is 1. The first-order valence-electron chi connectivity index (χ1n) is 5.96. The maximum Gasteiger partial charge on any atom is 0.339 e. The first-order valence-corrected chi connectivity index (χ1v) is 7.04. The number of rotatable bonds is 7. The molecule has 5 heteroatoms. The van der Waals surface area contributed by atoms with E-state index in [0.29, 0.717) is 12.4 Å². The molecule has 1 aromatic rings. The summed E-state index contributed by atoms with van der Waals surface area (Å²) in [5, 5.41) is 9.10. The SMILES string of the molecule is CCN(CC)CCOc1ccc(I)cc1C(=O)O. The quantitative estimate of drug-likeness (QED) is 0.757. The van der Waals surface area contributed by atoms with Gasteiger partial charge in [-0.1, -0.05) is 13.8 Å². The van der Waals surface area contributed by atoms with Crippen molar-refractivity contribution in [1.82, 2.24) is 4.90 Å². The minimum atomic E-state index is -0.952. The standard InChI is InChI=1S/C13H18INO3/c1-3-15(4-2)7-8-18-12-6-5-10(14)9-11(12)13(16)17/h5-6,9H,3-4,7-8H2,1-2H3,(H,16,17). The molecule has 0 atom stereocenters. The molecule has 18 heavy (non-hydrogen) atoms. The number of halogens is 1. The third kappa shape index (κ3) is 4.45. The summed E-state index contributed by atoms with van der Waals surface area (Å²) in [5.41, 5.74) is 0.224. The summed E-state index contributed by atoms with van der Waals surface area (Å²) >= 11 is 2.09. The second kappa shape index (κ2) is 7.58. The molecule has 0 heterocycles. The van der Waals surface area contributed by atoms with Crippen LogP contribution in [0.1, 0.15) is 24.2 Å². The zero-order valence-corrected chi connectivity index (χ0v) is 12.8. The number of hydrogen-bond acceptors (Lipinski definition) is 3. The molecular formula is C13H18INO3. The molecule has 0 spiro atoms. The van der Waals surface area contributed by atoms with Crippen LogP contribution >= 0.6 is 22.6 Å². The Bertz CT molecular complexity index is 405. The fourth-order valence-electron chi connectivity index (χ4n) is 1.62. The smallest absolute Gasteiger partial charge is 0.339 e. The predicted octanol–water partition coefficient (Wildman–Crippen LogP) is 2.71. The van der Waals surface area contributed by atoms with Crippen molar-refractivity contribution >= 4 is 28.6 Å². The highest BCUT2D eigenvalue weighted by molar-refractivity contribution is 14.1. The van der Waals surface area contributed by atoms with Crippen molar-refractivity contribution in [3.63, 3.8) is 0 Å². The Morgan fingerprint density at radius 3 is 2.61 bits per heavy atom. The number of nitrogens with zero attached hydrogens (tertiary/aromatic N) is 1. The lowest BCUT2D eigenvalue weighted by Gasteiger charge is -2.18. The molecule has 4 nitrogen and oxygen atoms in total. The molecule has 0 aliphatic heterocycles. The molecule has 0 saturated heterocycles. The molecule has 0 saturated carbocycles. The maximum absolute atomic E-state index is 11.1. The van der Waals surface area contributed by atoms with Crippen LogP contribution in [-0.2, 0) is 0 Å². The summed E-state index contributed by atoms with van der Waals surface area (Å²) < 4.78 is 6.45. The molecule has 0 unspecified atom stereocenters. The van der Waals surface area contributed by atoms with Crippen LogP contribution in [0.4, 0.5) is 0 Å². The van der Waals surface area contributed by atoms with Gasteiger partial charge >= 0.3 is 5.97 Å². The summed E-state index contributed by atoms with van der Waals surface area (Å²) in [6.45, 7) is 7.44. The molecule has 100 valence electrons. The van der Waals surface area contributed by atoms with E-state index >= 15 is 0 Å². The average molecular weight is 363 g/mol. The molecule has 0 fully saturated rings. The Labute approximate surface area is 121 Å². The van der Waals surface area contributed by atoms with E-state index in [1.807, 2.05) is 6.07 Å². The van der Waals surface area contributed by atoms with Crippen molar-refractivity contribution in [2.75, 3.05) is 26.2 Å². The lowest BCUT2D eigenvalue weighted by molar-refractivity contribution is 0.0691.